The molecule has 0 saturated heterocycles. The third-order valence-electron chi connectivity index (χ3n) is 3.72. The smallest absolute Gasteiger partial charge is 0.267 e. The predicted octanol–water partition coefficient (Wildman–Crippen LogP) is 1.84. The Morgan fingerprint density at radius 1 is 1.04 bits per heavy atom. The second kappa shape index (κ2) is 8.94. The summed E-state index contributed by atoms with van der Waals surface area (Å²) >= 11 is 5.65. The number of hydrogen-bond donors (Lipinski definition) is 2. The van der Waals surface area contributed by atoms with Crippen LogP contribution in [0.3, 0.4) is 0 Å². The van der Waals surface area contributed by atoms with Gasteiger partial charge in [-0.25, -0.2) is 13.4 Å². The number of sulfonamides is 1. The monoisotopic (exact) mass is 410 g/mol. The number of carbonyl (C=O) groups is 2. The zero-order valence-corrected chi connectivity index (χ0v) is 16.3. The second-order valence-corrected chi connectivity index (χ2v) is 7.72. The highest BCUT2D eigenvalue weighted by atomic mass is 35.5. The number of nitrogens with zero attached hydrogens (tertiary/aromatic N) is 2. The van der Waals surface area contributed by atoms with Crippen molar-refractivity contribution in [3.63, 3.8) is 0 Å². The van der Waals surface area contributed by atoms with E-state index in [2.05, 4.69) is 15.8 Å². The minimum absolute atomic E-state index is 0.00655. The number of hydrogen-bond acceptors (Lipinski definition) is 5. The molecule has 2 rings (SSSR count). The van der Waals surface area contributed by atoms with Gasteiger partial charge in [-0.1, -0.05) is 31.5 Å². The highest BCUT2D eigenvalue weighted by molar-refractivity contribution is 7.89. The molecule has 0 aliphatic rings. The zero-order valence-electron chi connectivity index (χ0n) is 14.8. The predicted molar refractivity (Wildman–Crippen MR) is 101 cm³/mol. The third kappa shape index (κ3) is 5.03. The van der Waals surface area contributed by atoms with Crippen LogP contribution in [0.15, 0.2) is 47.5 Å². The number of rotatable bonds is 6. The lowest BCUT2D eigenvalue weighted by atomic mass is 10.2. The summed E-state index contributed by atoms with van der Waals surface area (Å²) in [5.74, 6) is -1.23. The van der Waals surface area contributed by atoms with Gasteiger partial charge >= 0.3 is 0 Å². The molecular weight excluding hydrogens is 392 g/mol. The van der Waals surface area contributed by atoms with Crippen LogP contribution in [-0.4, -0.2) is 42.6 Å². The standard InChI is InChI=1S/C17H19ClN4O4S/c1-3-22(4-2)27(25,26)14-7-5-6-12(10-14)16(23)20-21-17(24)13-8-9-15(18)19-11-13/h5-11H,3-4H2,1-2H3,(H,20,23)(H,21,24). The number of amides is 2. The second-order valence-electron chi connectivity index (χ2n) is 5.40. The molecule has 27 heavy (non-hydrogen) atoms. The van der Waals surface area contributed by atoms with Crippen molar-refractivity contribution in [1.29, 1.82) is 0 Å². The van der Waals surface area contributed by atoms with Crippen LogP contribution in [0.1, 0.15) is 34.6 Å². The Morgan fingerprint density at radius 3 is 2.22 bits per heavy atom. The van der Waals surface area contributed by atoms with E-state index < -0.39 is 21.8 Å². The molecule has 0 aliphatic heterocycles. The number of hydrazine groups is 1. The van der Waals surface area contributed by atoms with E-state index in [4.69, 9.17) is 11.6 Å². The molecule has 2 aromatic rings. The molecule has 0 radical (unpaired) electrons. The fourth-order valence-electron chi connectivity index (χ4n) is 2.28. The normalized spacial score (nSPS) is 11.3. The lowest BCUT2D eigenvalue weighted by Gasteiger charge is -2.18. The van der Waals surface area contributed by atoms with Gasteiger partial charge in [0.25, 0.3) is 11.8 Å². The van der Waals surface area contributed by atoms with Gasteiger partial charge < -0.3 is 0 Å². The topological polar surface area (TPSA) is 108 Å². The minimum Gasteiger partial charge on any atom is -0.267 e. The molecule has 1 aromatic heterocycles. The molecule has 0 atom stereocenters. The van der Waals surface area contributed by atoms with Crippen LogP contribution in [-0.2, 0) is 10.0 Å². The summed E-state index contributed by atoms with van der Waals surface area (Å²) in [6.45, 7) is 4.11. The van der Waals surface area contributed by atoms with Gasteiger partial charge in [0.2, 0.25) is 10.0 Å². The summed E-state index contributed by atoms with van der Waals surface area (Å²) in [7, 11) is -3.69. The molecule has 0 aliphatic carbocycles. The van der Waals surface area contributed by atoms with Crippen molar-refractivity contribution in [2.24, 2.45) is 0 Å². The third-order valence-corrected chi connectivity index (χ3v) is 5.99. The Balaban J connectivity index is 2.11. The van der Waals surface area contributed by atoms with E-state index in [1.54, 1.807) is 13.8 Å². The molecule has 0 unspecified atom stereocenters. The Hall–Kier alpha value is -2.49. The van der Waals surface area contributed by atoms with Crippen molar-refractivity contribution in [2.45, 2.75) is 18.7 Å². The number of nitrogens with one attached hydrogen (secondary N) is 2. The lowest BCUT2D eigenvalue weighted by Crippen LogP contribution is -2.41. The molecule has 1 heterocycles. The van der Waals surface area contributed by atoms with Gasteiger partial charge in [0, 0.05) is 24.8 Å². The fourth-order valence-corrected chi connectivity index (χ4v) is 3.89. The molecule has 2 amide bonds. The number of halogens is 1. The highest BCUT2D eigenvalue weighted by Crippen LogP contribution is 2.17. The quantitative estimate of drug-likeness (QED) is 0.558. The summed E-state index contributed by atoms with van der Waals surface area (Å²) < 4.78 is 26.4. The molecule has 1 aromatic carbocycles. The van der Waals surface area contributed by atoms with E-state index >= 15 is 0 Å². The largest absolute Gasteiger partial charge is 0.271 e. The molecular formula is C17H19ClN4O4S. The average Bonchev–Trinajstić information content (AvgIpc) is 2.67. The summed E-state index contributed by atoms with van der Waals surface area (Å²) in [4.78, 5) is 28.0. The van der Waals surface area contributed by atoms with Crippen LogP contribution < -0.4 is 10.9 Å². The maximum atomic E-state index is 12.6. The van der Waals surface area contributed by atoms with Gasteiger partial charge in [0.15, 0.2) is 0 Å². The number of pyridine rings is 1. The first kappa shape index (κ1) is 20.8. The van der Waals surface area contributed by atoms with Crippen LogP contribution in [0.4, 0.5) is 0 Å². The van der Waals surface area contributed by atoms with E-state index in [0.29, 0.717) is 13.1 Å². The van der Waals surface area contributed by atoms with E-state index in [9.17, 15) is 18.0 Å². The Morgan fingerprint density at radius 2 is 1.67 bits per heavy atom. The van der Waals surface area contributed by atoms with Crippen molar-refractivity contribution >= 4 is 33.4 Å². The summed E-state index contributed by atoms with van der Waals surface area (Å²) in [5.41, 5.74) is 4.78. The van der Waals surface area contributed by atoms with Crippen molar-refractivity contribution < 1.29 is 18.0 Å². The van der Waals surface area contributed by atoms with E-state index in [-0.39, 0.29) is 21.2 Å². The van der Waals surface area contributed by atoms with Gasteiger partial charge in [-0.05, 0) is 30.3 Å². The van der Waals surface area contributed by atoms with Gasteiger partial charge in [-0.2, -0.15) is 4.31 Å². The van der Waals surface area contributed by atoms with Gasteiger partial charge in [0.05, 0.1) is 10.5 Å². The Bertz CT molecular complexity index is 928. The van der Waals surface area contributed by atoms with Gasteiger partial charge in [-0.15, -0.1) is 0 Å². The lowest BCUT2D eigenvalue weighted by molar-refractivity contribution is 0.0846. The maximum Gasteiger partial charge on any atom is 0.271 e. The Labute approximate surface area is 162 Å². The maximum absolute atomic E-state index is 12.6. The molecule has 2 N–H and O–H groups in total. The first-order valence-corrected chi connectivity index (χ1v) is 9.93. The molecule has 10 heteroatoms. The number of benzene rings is 1. The molecule has 0 fully saturated rings. The summed E-state index contributed by atoms with van der Waals surface area (Å²) in [5, 5.41) is 0.238. The van der Waals surface area contributed by atoms with Crippen molar-refractivity contribution in [2.75, 3.05) is 13.1 Å². The SMILES string of the molecule is CCN(CC)S(=O)(=O)c1cccc(C(=O)NNC(=O)c2ccc(Cl)nc2)c1. The minimum atomic E-state index is -3.69. The van der Waals surface area contributed by atoms with Crippen molar-refractivity contribution in [3.05, 3.63) is 58.9 Å². The van der Waals surface area contributed by atoms with Crippen LogP contribution >= 0.6 is 11.6 Å². The molecule has 8 nitrogen and oxygen atoms in total. The molecule has 0 saturated carbocycles. The van der Waals surface area contributed by atoms with Crippen LogP contribution in [0.2, 0.25) is 5.15 Å². The first-order chi connectivity index (χ1) is 12.8. The van der Waals surface area contributed by atoms with Crippen molar-refractivity contribution in [3.8, 4) is 0 Å². The number of aromatic nitrogens is 1. The average molecular weight is 411 g/mol. The van der Waals surface area contributed by atoms with Crippen molar-refractivity contribution in [1.82, 2.24) is 20.1 Å². The Kier molecular flexibility index (Phi) is 6.89. The fraction of sp³-hybridized carbons (Fsp3) is 0.235. The van der Waals surface area contributed by atoms with Gasteiger partial charge in [-0.3, -0.25) is 20.4 Å². The number of carbonyl (C=O) groups excluding carboxylic acids is 2. The van der Waals surface area contributed by atoms with Crippen LogP contribution in [0.25, 0.3) is 0 Å². The van der Waals surface area contributed by atoms with Gasteiger partial charge in [0.1, 0.15) is 5.15 Å². The summed E-state index contributed by atoms with van der Waals surface area (Å²) in [6, 6.07) is 8.50. The molecule has 144 valence electrons. The van der Waals surface area contributed by atoms with E-state index in [1.165, 1.54) is 46.9 Å². The first-order valence-electron chi connectivity index (χ1n) is 8.12. The molecule has 0 bridgehead atoms. The van der Waals surface area contributed by atoms with Crippen LogP contribution in [0, 0.1) is 0 Å². The molecule has 0 spiro atoms. The van der Waals surface area contributed by atoms with E-state index in [0.717, 1.165) is 0 Å². The van der Waals surface area contributed by atoms with Crippen LogP contribution in [0.5, 0.6) is 0 Å². The van der Waals surface area contributed by atoms with E-state index in [1.807, 2.05) is 0 Å². The summed E-state index contributed by atoms with van der Waals surface area (Å²) in [6.07, 6.45) is 1.26. The highest BCUT2D eigenvalue weighted by Gasteiger charge is 2.22. The zero-order chi connectivity index (χ0) is 20.0.